The van der Waals surface area contributed by atoms with Crippen molar-refractivity contribution in [3.8, 4) is 0 Å². The first-order valence-corrected chi connectivity index (χ1v) is 4.82. The second kappa shape index (κ2) is 4.77. The minimum atomic E-state index is -0.447. The third-order valence-corrected chi connectivity index (χ3v) is 2.32. The van der Waals surface area contributed by atoms with Gasteiger partial charge in [-0.2, -0.15) is 0 Å². The number of carbonyl (C=O) groups is 2. The van der Waals surface area contributed by atoms with Crippen LogP contribution in [-0.2, 0) is 14.3 Å². The molecule has 0 radical (unpaired) electrons. The highest BCUT2D eigenvalue weighted by Gasteiger charge is 2.35. The summed E-state index contributed by atoms with van der Waals surface area (Å²) in [6.45, 7) is 5.61. The van der Waals surface area contributed by atoms with Gasteiger partial charge in [-0.3, -0.25) is 9.59 Å². The second-order valence-electron chi connectivity index (χ2n) is 3.36. The maximum atomic E-state index is 11.2. The van der Waals surface area contributed by atoms with E-state index in [1.54, 1.807) is 0 Å². The molecule has 0 aromatic heterocycles. The van der Waals surface area contributed by atoms with Crippen molar-refractivity contribution in [3.63, 3.8) is 0 Å². The van der Waals surface area contributed by atoms with Crippen molar-refractivity contribution < 1.29 is 14.3 Å². The van der Waals surface area contributed by atoms with Crippen LogP contribution in [0, 0.1) is 5.92 Å². The summed E-state index contributed by atoms with van der Waals surface area (Å²) in [4.78, 5) is 22.1. The summed E-state index contributed by atoms with van der Waals surface area (Å²) < 4.78 is 4.47. The van der Waals surface area contributed by atoms with Gasteiger partial charge in [0, 0.05) is 0 Å². The highest BCUT2D eigenvalue weighted by molar-refractivity contribution is 5.96. The lowest BCUT2D eigenvalue weighted by Crippen LogP contribution is -2.10. The van der Waals surface area contributed by atoms with Crippen LogP contribution in [0.1, 0.15) is 32.6 Å². The molecule has 1 atom stereocenters. The molecule has 0 bridgehead atoms. The Balaban J connectivity index is 2.66. The summed E-state index contributed by atoms with van der Waals surface area (Å²) in [5, 5.41) is 0. The first-order chi connectivity index (χ1) is 6.69. The standard InChI is InChI=1S/C11H14O3/c1-3-5-6-8(4-2)9-7-10(12)14-11(9)13/h9H,2-3,5-7H2,1H3. The predicted octanol–water partition coefficient (Wildman–Crippen LogP) is 1.98. The fraction of sp³-hybridized carbons (Fsp3) is 0.545. The number of hydrogen-bond acceptors (Lipinski definition) is 3. The molecule has 1 aliphatic heterocycles. The van der Waals surface area contributed by atoms with Gasteiger partial charge in [0.2, 0.25) is 0 Å². The van der Waals surface area contributed by atoms with Gasteiger partial charge in [0.15, 0.2) is 0 Å². The molecule has 1 unspecified atom stereocenters. The van der Waals surface area contributed by atoms with Crippen molar-refractivity contribution in [1.29, 1.82) is 0 Å². The Morgan fingerprint density at radius 3 is 2.79 bits per heavy atom. The third kappa shape index (κ3) is 2.33. The van der Waals surface area contributed by atoms with Gasteiger partial charge in [-0.1, -0.05) is 19.9 Å². The normalized spacial score (nSPS) is 20.5. The van der Waals surface area contributed by atoms with E-state index in [4.69, 9.17) is 0 Å². The minimum Gasteiger partial charge on any atom is -0.393 e. The maximum Gasteiger partial charge on any atom is 0.321 e. The number of carbonyl (C=O) groups excluding carboxylic acids is 2. The Kier molecular flexibility index (Phi) is 3.66. The Bertz CT molecular complexity index is 298. The first-order valence-electron chi connectivity index (χ1n) is 4.82. The van der Waals surface area contributed by atoms with Crippen LogP contribution in [0.4, 0.5) is 0 Å². The lowest BCUT2D eigenvalue weighted by atomic mass is 9.94. The van der Waals surface area contributed by atoms with Crippen LogP contribution in [0.3, 0.4) is 0 Å². The van der Waals surface area contributed by atoms with E-state index in [1.807, 2.05) is 0 Å². The molecule has 0 saturated carbocycles. The number of unbranched alkanes of at least 4 members (excludes halogenated alkanes) is 1. The lowest BCUT2D eigenvalue weighted by Gasteiger charge is -2.06. The number of ether oxygens (including phenoxy) is 1. The van der Waals surface area contributed by atoms with Gasteiger partial charge in [0.25, 0.3) is 0 Å². The molecule has 0 N–H and O–H groups in total. The number of rotatable bonds is 4. The van der Waals surface area contributed by atoms with Crippen molar-refractivity contribution in [2.75, 3.05) is 0 Å². The largest absolute Gasteiger partial charge is 0.393 e. The summed E-state index contributed by atoms with van der Waals surface area (Å²) in [6.07, 6.45) is 2.95. The minimum absolute atomic E-state index is 0.153. The average molecular weight is 194 g/mol. The van der Waals surface area contributed by atoms with Gasteiger partial charge in [0.05, 0.1) is 12.3 Å². The average Bonchev–Trinajstić information content (AvgIpc) is 2.47. The zero-order valence-corrected chi connectivity index (χ0v) is 8.34. The summed E-state index contributed by atoms with van der Waals surface area (Å²) in [5.74, 6) is -1.31. The first kappa shape index (κ1) is 10.7. The summed E-state index contributed by atoms with van der Waals surface area (Å²) >= 11 is 0. The van der Waals surface area contributed by atoms with E-state index in [0.717, 1.165) is 24.8 Å². The van der Waals surface area contributed by atoms with Gasteiger partial charge >= 0.3 is 11.9 Å². The molecule has 1 heterocycles. The fourth-order valence-corrected chi connectivity index (χ4v) is 1.49. The van der Waals surface area contributed by atoms with Crippen LogP contribution in [0.2, 0.25) is 0 Å². The van der Waals surface area contributed by atoms with Gasteiger partial charge in [0.1, 0.15) is 0 Å². The molecule has 0 spiro atoms. The van der Waals surface area contributed by atoms with Crippen LogP contribution >= 0.6 is 0 Å². The Hall–Kier alpha value is -1.34. The highest BCUT2D eigenvalue weighted by Crippen LogP contribution is 2.26. The Morgan fingerprint density at radius 2 is 2.36 bits per heavy atom. The second-order valence-corrected chi connectivity index (χ2v) is 3.36. The molecular weight excluding hydrogens is 180 g/mol. The van der Waals surface area contributed by atoms with E-state index >= 15 is 0 Å². The molecule has 3 heteroatoms. The van der Waals surface area contributed by atoms with Crippen LogP contribution in [0.15, 0.2) is 17.9 Å². The van der Waals surface area contributed by atoms with E-state index in [-0.39, 0.29) is 6.42 Å². The zero-order chi connectivity index (χ0) is 10.6. The number of esters is 2. The summed E-state index contributed by atoms with van der Waals surface area (Å²) in [7, 11) is 0. The molecule has 0 aliphatic carbocycles. The molecule has 3 nitrogen and oxygen atoms in total. The maximum absolute atomic E-state index is 11.2. The molecule has 0 aromatic rings. The molecule has 14 heavy (non-hydrogen) atoms. The van der Waals surface area contributed by atoms with Crippen molar-refractivity contribution >= 4 is 11.9 Å². The summed E-state index contributed by atoms with van der Waals surface area (Å²) in [6, 6.07) is 0. The van der Waals surface area contributed by atoms with Gasteiger partial charge in [-0.15, -0.1) is 5.73 Å². The van der Waals surface area contributed by atoms with E-state index in [0.29, 0.717) is 0 Å². The molecular formula is C11H14O3. The monoisotopic (exact) mass is 194 g/mol. The van der Waals surface area contributed by atoms with Crippen molar-refractivity contribution in [1.82, 2.24) is 0 Å². The van der Waals surface area contributed by atoms with Crippen LogP contribution in [-0.4, -0.2) is 11.9 Å². The van der Waals surface area contributed by atoms with Crippen LogP contribution in [0.5, 0.6) is 0 Å². The number of hydrogen-bond donors (Lipinski definition) is 0. The van der Waals surface area contributed by atoms with Gasteiger partial charge in [-0.05, 0) is 18.4 Å². The lowest BCUT2D eigenvalue weighted by molar-refractivity contribution is -0.152. The highest BCUT2D eigenvalue weighted by atomic mass is 16.6. The SMILES string of the molecule is C=C=C(CCCC)C1CC(=O)OC1=O. The van der Waals surface area contributed by atoms with E-state index < -0.39 is 17.9 Å². The van der Waals surface area contributed by atoms with Crippen molar-refractivity contribution in [3.05, 3.63) is 17.9 Å². The predicted molar refractivity (Wildman–Crippen MR) is 51.4 cm³/mol. The molecule has 0 amide bonds. The van der Waals surface area contributed by atoms with E-state index in [2.05, 4.69) is 24.0 Å². The van der Waals surface area contributed by atoms with Crippen molar-refractivity contribution in [2.45, 2.75) is 32.6 Å². The molecule has 1 saturated heterocycles. The van der Waals surface area contributed by atoms with Gasteiger partial charge < -0.3 is 4.74 Å². The van der Waals surface area contributed by atoms with Crippen LogP contribution in [0.25, 0.3) is 0 Å². The zero-order valence-electron chi connectivity index (χ0n) is 8.34. The quantitative estimate of drug-likeness (QED) is 0.390. The van der Waals surface area contributed by atoms with Crippen LogP contribution < -0.4 is 0 Å². The Morgan fingerprint density at radius 1 is 1.64 bits per heavy atom. The topological polar surface area (TPSA) is 43.4 Å². The molecule has 1 fully saturated rings. The number of cyclic esters (lactones) is 2. The fourth-order valence-electron chi connectivity index (χ4n) is 1.49. The van der Waals surface area contributed by atoms with Crippen molar-refractivity contribution in [2.24, 2.45) is 5.92 Å². The smallest absolute Gasteiger partial charge is 0.321 e. The Labute approximate surface area is 83.4 Å². The third-order valence-electron chi connectivity index (χ3n) is 2.32. The molecule has 1 rings (SSSR count). The molecule has 0 aromatic carbocycles. The van der Waals surface area contributed by atoms with E-state index in [9.17, 15) is 9.59 Å². The molecule has 76 valence electrons. The summed E-state index contributed by atoms with van der Waals surface area (Å²) in [5.41, 5.74) is 3.55. The van der Waals surface area contributed by atoms with E-state index in [1.165, 1.54) is 0 Å². The van der Waals surface area contributed by atoms with Gasteiger partial charge in [-0.25, -0.2) is 0 Å². The molecule has 1 aliphatic rings.